The molecule has 4 rings (SSSR count). The number of nitrogens with zero attached hydrogens (tertiary/aromatic N) is 3. The van der Waals surface area contributed by atoms with Gasteiger partial charge in [-0.2, -0.15) is 0 Å². The smallest absolute Gasteiger partial charge is 0.276 e. The number of hydrogen-bond donors (Lipinski definition) is 1. The molecule has 2 aromatic rings. The number of benzene rings is 1. The lowest BCUT2D eigenvalue weighted by atomic mass is 9.98. The van der Waals surface area contributed by atoms with Crippen molar-refractivity contribution >= 4 is 17.3 Å². The second-order valence-corrected chi connectivity index (χ2v) is 7.29. The van der Waals surface area contributed by atoms with Gasteiger partial charge in [-0.15, -0.1) is 0 Å². The molecule has 5 nitrogen and oxygen atoms in total. The zero-order chi connectivity index (χ0) is 17.4. The van der Waals surface area contributed by atoms with E-state index in [1.165, 1.54) is 30.5 Å². The number of hydrogen-bond acceptors (Lipinski definition) is 3. The molecular weight excluding hydrogens is 312 g/mol. The summed E-state index contributed by atoms with van der Waals surface area (Å²) in [5, 5.41) is 0. The number of aryl methyl sites for hydroxylation is 2. The van der Waals surface area contributed by atoms with Gasteiger partial charge >= 0.3 is 0 Å². The van der Waals surface area contributed by atoms with E-state index in [0.29, 0.717) is 11.7 Å². The maximum absolute atomic E-state index is 12.9. The SMILES string of the molecule is Cc1ncc(C(=O)N2CCCc3cc(N4CCCCC4C)ccc32)[nH]1. The van der Waals surface area contributed by atoms with Crippen molar-refractivity contribution in [3.8, 4) is 0 Å². The van der Waals surface area contributed by atoms with Crippen LogP contribution in [0, 0.1) is 6.92 Å². The van der Waals surface area contributed by atoms with Crippen LogP contribution in [0.15, 0.2) is 24.4 Å². The standard InChI is InChI=1S/C20H26N4O/c1-14-6-3-4-10-23(14)17-8-9-19-16(12-17)7-5-11-24(19)20(25)18-13-21-15(2)22-18/h8-9,12-14H,3-7,10-11H2,1-2H3,(H,21,22). The van der Waals surface area contributed by atoms with Gasteiger partial charge in [0, 0.05) is 30.5 Å². The highest BCUT2D eigenvalue weighted by molar-refractivity contribution is 6.05. The van der Waals surface area contributed by atoms with Gasteiger partial charge in [0.15, 0.2) is 0 Å². The third kappa shape index (κ3) is 3.03. The van der Waals surface area contributed by atoms with E-state index in [1.54, 1.807) is 6.20 Å². The highest BCUT2D eigenvalue weighted by Crippen LogP contribution is 2.33. The fourth-order valence-corrected chi connectivity index (χ4v) is 4.13. The summed E-state index contributed by atoms with van der Waals surface area (Å²) >= 11 is 0. The lowest BCUT2D eigenvalue weighted by Crippen LogP contribution is -2.38. The summed E-state index contributed by atoms with van der Waals surface area (Å²) in [7, 11) is 0. The van der Waals surface area contributed by atoms with Crippen LogP contribution < -0.4 is 9.80 Å². The van der Waals surface area contributed by atoms with Gasteiger partial charge in [-0.25, -0.2) is 4.98 Å². The molecule has 132 valence electrons. The number of piperidine rings is 1. The maximum Gasteiger partial charge on any atom is 0.276 e. The van der Waals surface area contributed by atoms with Crippen LogP contribution in [0.2, 0.25) is 0 Å². The first-order valence-electron chi connectivity index (χ1n) is 9.36. The number of carbonyl (C=O) groups is 1. The summed E-state index contributed by atoms with van der Waals surface area (Å²) < 4.78 is 0. The van der Waals surface area contributed by atoms with Gasteiger partial charge in [0.1, 0.15) is 11.5 Å². The Labute approximate surface area is 149 Å². The van der Waals surface area contributed by atoms with Gasteiger partial charge in [-0.3, -0.25) is 4.79 Å². The molecule has 1 fully saturated rings. The van der Waals surface area contributed by atoms with Crippen molar-refractivity contribution in [3.05, 3.63) is 41.5 Å². The molecule has 1 saturated heterocycles. The van der Waals surface area contributed by atoms with Gasteiger partial charge in [0.25, 0.3) is 5.91 Å². The second kappa shape index (κ2) is 6.54. The van der Waals surface area contributed by atoms with Gasteiger partial charge < -0.3 is 14.8 Å². The van der Waals surface area contributed by atoms with Crippen LogP contribution in [0.1, 0.15) is 54.5 Å². The van der Waals surface area contributed by atoms with Crippen LogP contribution >= 0.6 is 0 Å². The van der Waals surface area contributed by atoms with Crippen molar-refractivity contribution in [2.24, 2.45) is 0 Å². The van der Waals surface area contributed by atoms with Gasteiger partial charge in [-0.1, -0.05) is 0 Å². The second-order valence-electron chi connectivity index (χ2n) is 7.29. The van der Waals surface area contributed by atoms with Crippen LogP contribution in [0.5, 0.6) is 0 Å². The average Bonchev–Trinajstić information content (AvgIpc) is 3.07. The number of aromatic nitrogens is 2. The molecule has 1 unspecified atom stereocenters. The van der Waals surface area contributed by atoms with Gasteiger partial charge in [-0.05, 0) is 69.7 Å². The Hall–Kier alpha value is -2.30. The molecule has 0 spiro atoms. The first-order chi connectivity index (χ1) is 12.1. The predicted octanol–water partition coefficient (Wildman–Crippen LogP) is 3.69. The maximum atomic E-state index is 12.9. The molecule has 1 aromatic heterocycles. The molecular formula is C20H26N4O. The minimum atomic E-state index is 0.0145. The topological polar surface area (TPSA) is 52.2 Å². The Morgan fingerprint density at radius 1 is 1.24 bits per heavy atom. The van der Waals surface area contributed by atoms with Gasteiger partial charge in [0.05, 0.1) is 6.20 Å². The highest BCUT2D eigenvalue weighted by Gasteiger charge is 2.26. The summed E-state index contributed by atoms with van der Waals surface area (Å²) in [6, 6.07) is 7.21. The number of carbonyl (C=O) groups excluding carboxylic acids is 1. The van der Waals surface area contributed by atoms with E-state index in [1.807, 2.05) is 11.8 Å². The zero-order valence-electron chi connectivity index (χ0n) is 15.1. The zero-order valence-corrected chi connectivity index (χ0v) is 15.1. The summed E-state index contributed by atoms with van der Waals surface area (Å²) in [6.07, 6.45) is 7.54. The summed E-state index contributed by atoms with van der Waals surface area (Å²) in [4.78, 5) is 24.5. The van der Waals surface area contributed by atoms with Crippen molar-refractivity contribution in [3.63, 3.8) is 0 Å². The number of anilines is 2. The number of fused-ring (bicyclic) bond motifs is 1. The Kier molecular flexibility index (Phi) is 4.24. The van der Waals surface area contributed by atoms with Crippen LogP contribution in [-0.2, 0) is 6.42 Å². The third-order valence-corrected chi connectivity index (χ3v) is 5.49. The number of imidazole rings is 1. The Balaban J connectivity index is 1.63. The molecule has 0 bridgehead atoms. The molecule has 1 atom stereocenters. The molecule has 1 N–H and O–H groups in total. The van der Waals surface area contributed by atoms with Crippen LogP contribution in [0.4, 0.5) is 11.4 Å². The van der Waals surface area contributed by atoms with Crippen LogP contribution in [0.3, 0.4) is 0 Å². The van der Waals surface area contributed by atoms with Crippen molar-refractivity contribution in [1.82, 2.24) is 9.97 Å². The minimum Gasteiger partial charge on any atom is -0.369 e. The largest absolute Gasteiger partial charge is 0.369 e. The fraction of sp³-hybridized carbons (Fsp3) is 0.500. The molecule has 1 amide bonds. The molecule has 0 radical (unpaired) electrons. The monoisotopic (exact) mass is 338 g/mol. The van der Waals surface area contributed by atoms with E-state index in [4.69, 9.17) is 0 Å². The summed E-state index contributed by atoms with van der Waals surface area (Å²) in [5.74, 6) is 0.788. The number of rotatable bonds is 2. The van der Waals surface area contributed by atoms with E-state index in [0.717, 1.165) is 37.4 Å². The normalized spacial score (nSPS) is 20.5. The number of nitrogens with one attached hydrogen (secondary N) is 1. The van der Waals surface area contributed by atoms with Crippen LogP contribution in [-0.4, -0.2) is 35.0 Å². The lowest BCUT2D eigenvalue weighted by Gasteiger charge is -2.37. The number of amides is 1. The fourth-order valence-electron chi connectivity index (χ4n) is 4.13. The Morgan fingerprint density at radius 3 is 2.88 bits per heavy atom. The quantitative estimate of drug-likeness (QED) is 0.908. The van der Waals surface area contributed by atoms with E-state index in [9.17, 15) is 4.79 Å². The van der Waals surface area contributed by atoms with Crippen molar-refractivity contribution < 1.29 is 4.79 Å². The van der Waals surface area contributed by atoms with Crippen molar-refractivity contribution in [1.29, 1.82) is 0 Å². The number of aromatic amines is 1. The molecule has 1 aromatic carbocycles. The summed E-state index contributed by atoms with van der Waals surface area (Å²) in [6.45, 7) is 6.08. The number of H-pyrrole nitrogens is 1. The Bertz CT molecular complexity index is 782. The first-order valence-corrected chi connectivity index (χ1v) is 9.36. The van der Waals surface area contributed by atoms with E-state index < -0.39 is 0 Å². The molecule has 2 aliphatic heterocycles. The van der Waals surface area contributed by atoms with E-state index >= 15 is 0 Å². The minimum absolute atomic E-state index is 0.0145. The average molecular weight is 338 g/mol. The van der Waals surface area contributed by atoms with E-state index in [-0.39, 0.29) is 5.91 Å². The van der Waals surface area contributed by atoms with E-state index in [2.05, 4.69) is 40.0 Å². The van der Waals surface area contributed by atoms with Crippen LogP contribution in [0.25, 0.3) is 0 Å². The highest BCUT2D eigenvalue weighted by atomic mass is 16.2. The first kappa shape index (κ1) is 16.2. The molecule has 2 aliphatic rings. The third-order valence-electron chi connectivity index (χ3n) is 5.49. The summed E-state index contributed by atoms with van der Waals surface area (Å²) in [5.41, 5.74) is 4.21. The molecule has 0 saturated carbocycles. The molecule has 3 heterocycles. The molecule has 0 aliphatic carbocycles. The van der Waals surface area contributed by atoms with Crippen molar-refractivity contribution in [2.45, 2.75) is 52.0 Å². The molecule has 25 heavy (non-hydrogen) atoms. The molecule has 5 heteroatoms. The lowest BCUT2D eigenvalue weighted by molar-refractivity contribution is 0.0980. The predicted molar refractivity (Wildman–Crippen MR) is 100 cm³/mol. The Morgan fingerprint density at radius 2 is 2.12 bits per heavy atom. The van der Waals surface area contributed by atoms with Crippen molar-refractivity contribution in [2.75, 3.05) is 22.9 Å². The van der Waals surface area contributed by atoms with Gasteiger partial charge in [0.2, 0.25) is 0 Å².